The van der Waals surface area contributed by atoms with E-state index in [0.717, 1.165) is 83.5 Å². The Morgan fingerprint density at radius 2 is 0.908 bits per heavy atom. The number of rotatable bonds is 43. The Kier molecular flexibility index (Phi) is 41.7. The molecule has 2 aliphatic heterocycles. The van der Waals surface area contributed by atoms with Gasteiger partial charge in [-0.15, -0.1) is 0 Å². The lowest BCUT2D eigenvalue weighted by atomic mass is 9.97. The first-order chi connectivity index (χ1) is 37.1. The predicted octanol–water partition coefficient (Wildman–Crippen LogP) is 9.44. The molecule has 2 saturated heterocycles. The monoisotopic (exact) mass is 1070 g/mol. The van der Waals surface area contributed by atoms with Crippen LogP contribution in [0, 0.1) is 0 Å². The summed E-state index contributed by atoms with van der Waals surface area (Å²) in [4.78, 5) is 13.2. The van der Waals surface area contributed by atoms with Crippen LogP contribution in [0.2, 0.25) is 0 Å². The number of unbranched alkanes of at least 4 members (excludes halogenated alkanes) is 12. The van der Waals surface area contributed by atoms with Gasteiger partial charge < -0.3 is 65.1 Å². The molecule has 2 fully saturated rings. The number of aliphatic hydroxyl groups is 8. The molecule has 14 nitrogen and oxygen atoms in total. The highest BCUT2D eigenvalue weighted by Gasteiger charge is 2.51. The Bertz CT molecular complexity index is 1730. The lowest BCUT2D eigenvalue weighted by Crippen LogP contribution is -2.65. The van der Waals surface area contributed by atoms with E-state index in [1.165, 1.54) is 51.4 Å². The molecule has 0 aromatic heterocycles. The Morgan fingerprint density at radius 3 is 1.38 bits per heavy atom. The summed E-state index contributed by atoms with van der Waals surface area (Å²) in [5.41, 5.74) is 0. The van der Waals surface area contributed by atoms with Crippen LogP contribution < -0.4 is 5.32 Å². The first-order valence-corrected chi connectivity index (χ1v) is 28.8. The van der Waals surface area contributed by atoms with Gasteiger partial charge in [0, 0.05) is 6.42 Å². The third kappa shape index (κ3) is 31.7. The van der Waals surface area contributed by atoms with Crippen LogP contribution in [0.5, 0.6) is 0 Å². The SMILES string of the molecule is CC/C=C\C/C=C\C/C=C\C/C=C\C/C=C\C/C=C\C/C=C\C/C=C\C/C=C\CCCC(=O)NC(COC1OC(CO)C(OC2OC(CO)C(O)C(O)C2O)C(O)C1O)C(O)/C=C/CCCCCCCCCCCCC. The minimum atomic E-state index is -1.80. The van der Waals surface area contributed by atoms with E-state index in [1.807, 2.05) is 12.2 Å². The Balaban J connectivity index is 1.78. The molecule has 12 unspecified atom stereocenters. The molecule has 0 saturated carbocycles. The van der Waals surface area contributed by atoms with Crippen molar-refractivity contribution in [3.05, 3.63) is 122 Å². The fraction of sp³-hybridized carbons (Fsp3) is 0.661. The number of carbonyl (C=O) groups is 1. The minimum Gasteiger partial charge on any atom is -0.394 e. The number of allylic oxidation sites excluding steroid dienone is 19. The van der Waals surface area contributed by atoms with Gasteiger partial charge in [-0.05, 0) is 83.5 Å². The molecule has 0 aromatic carbocycles. The van der Waals surface area contributed by atoms with E-state index < -0.39 is 86.8 Å². The summed E-state index contributed by atoms with van der Waals surface area (Å²) in [6.07, 6.45) is 49.6. The van der Waals surface area contributed by atoms with Crippen LogP contribution in [0.1, 0.15) is 168 Å². The number of amides is 1. The van der Waals surface area contributed by atoms with Gasteiger partial charge in [-0.25, -0.2) is 0 Å². The fourth-order valence-corrected chi connectivity index (χ4v) is 8.53. The van der Waals surface area contributed by atoms with Crippen LogP contribution in [0.25, 0.3) is 0 Å². The van der Waals surface area contributed by atoms with Crippen molar-refractivity contribution in [2.75, 3.05) is 19.8 Å². The minimum absolute atomic E-state index is 0.193. The van der Waals surface area contributed by atoms with Crippen LogP contribution in [-0.4, -0.2) is 140 Å². The summed E-state index contributed by atoms with van der Waals surface area (Å²) < 4.78 is 22.7. The summed E-state index contributed by atoms with van der Waals surface area (Å²) in [6.45, 7) is 2.61. The van der Waals surface area contributed by atoms with Crippen LogP contribution in [0.15, 0.2) is 122 Å². The van der Waals surface area contributed by atoms with Crippen molar-refractivity contribution < 1.29 is 64.6 Å². The molecule has 76 heavy (non-hydrogen) atoms. The average Bonchev–Trinajstić information content (AvgIpc) is 3.42. The quantitative estimate of drug-likeness (QED) is 0.0205. The van der Waals surface area contributed by atoms with Crippen LogP contribution in [-0.2, 0) is 23.7 Å². The maximum atomic E-state index is 13.2. The van der Waals surface area contributed by atoms with Gasteiger partial charge in [0.1, 0.15) is 48.8 Å². The van der Waals surface area contributed by atoms with E-state index >= 15 is 0 Å². The molecule has 0 spiro atoms. The van der Waals surface area contributed by atoms with Crippen molar-refractivity contribution in [2.45, 2.75) is 242 Å². The molecule has 0 radical (unpaired) electrons. The van der Waals surface area contributed by atoms with Crippen molar-refractivity contribution in [1.82, 2.24) is 5.32 Å². The first-order valence-electron chi connectivity index (χ1n) is 28.8. The van der Waals surface area contributed by atoms with Gasteiger partial charge in [-0.2, -0.15) is 0 Å². The maximum Gasteiger partial charge on any atom is 0.220 e. The maximum absolute atomic E-state index is 13.2. The van der Waals surface area contributed by atoms with Crippen LogP contribution in [0.4, 0.5) is 0 Å². The number of hydrogen-bond acceptors (Lipinski definition) is 13. The van der Waals surface area contributed by atoms with Gasteiger partial charge in [0.05, 0.1) is 32.0 Å². The summed E-state index contributed by atoms with van der Waals surface area (Å²) in [6, 6.07) is -0.954. The standard InChI is InChI=1S/C62H101NO13/c1-3-5-7-9-11-13-15-17-18-19-20-21-22-23-24-25-26-27-28-29-30-31-32-34-36-38-40-42-44-46-54(67)63-50(51(66)45-43-41-39-37-35-33-16-14-12-10-8-6-4-2)49-73-61-59(72)57(70)60(53(48-65)75-61)76-62-58(71)56(69)55(68)52(47-64)74-62/h5,7,11,13,17-18,20-21,23-24,26-27,29-30,32,34,38,40,43,45,50-53,55-62,64-66,68-72H,3-4,6,8-10,12,14-16,19,22,25,28,31,33,35-37,39,41-42,44,46-49H2,1-2H3,(H,63,67)/b7-5-,13-11-,18-17-,21-20-,24-23-,27-26-,30-29-,34-32-,40-38-,45-43+. The molecule has 432 valence electrons. The van der Waals surface area contributed by atoms with E-state index in [2.05, 4.69) is 122 Å². The van der Waals surface area contributed by atoms with Gasteiger partial charge in [0.25, 0.3) is 0 Å². The second-order valence-electron chi connectivity index (χ2n) is 19.7. The van der Waals surface area contributed by atoms with E-state index in [1.54, 1.807) is 6.08 Å². The van der Waals surface area contributed by atoms with Crippen LogP contribution in [0.3, 0.4) is 0 Å². The Hall–Kier alpha value is -3.61. The second kappa shape index (κ2) is 46.3. The van der Waals surface area contributed by atoms with E-state index in [0.29, 0.717) is 12.8 Å². The summed E-state index contributed by atoms with van der Waals surface area (Å²) in [7, 11) is 0. The lowest BCUT2D eigenvalue weighted by molar-refractivity contribution is -0.359. The summed E-state index contributed by atoms with van der Waals surface area (Å²) in [5.74, 6) is -0.304. The highest BCUT2D eigenvalue weighted by molar-refractivity contribution is 5.76. The van der Waals surface area contributed by atoms with E-state index in [-0.39, 0.29) is 18.9 Å². The lowest BCUT2D eigenvalue weighted by Gasteiger charge is -2.46. The average molecular weight is 1070 g/mol. The molecule has 14 heteroatoms. The summed E-state index contributed by atoms with van der Waals surface area (Å²) in [5, 5.41) is 86.9. The van der Waals surface area contributed by atoms with Crippen molar-refractivity contribution in [3.63, 3.8) is 0 Å². The van der Waals surface area contributed by atoms with E-state index in [9.17, 15) is 45.6 Å². The third-order valence-corrected chi connectivity index (χ3v) is 13.2. The molecule has 2 heterocycles. The molecular formula is C62H101NO13. The number of carbonyl (C=O) groups excluding carboxylic acids is 1. The van der Waals surface area contributed by atoms with Crippen molar-refractivity contribution in [3.8, 4) is 0 Å². The number of hydrogen-bond donors (Lipinski definition) is 9. The predicted molar refractivity (Wildman–Crippen MR) is 304 cm³/mol. The number of nitrogens with one attached hydrogen (secondary N) is 1. The zero-order chi connectivity index (χ0) is 55.3. The smallest absolute Gasteiger partial charge is 0.220 e. The highest BCUT2D eigenvalue weighted by Crippen LogP contribution is 2.30. The molecular weight excluding hydrogens is 967 g/mol. The van der Waals surface area contributed by atoms with Gasteiger partial charge in [0.2, 0.25) is 5.91 Å². The molecule has 2 aliphatic rings. The molecule has 2 rings (SSSR count). The Labute approximate surface area is 457 Å². The van der Waals surface area contributed by atoms with Crippen molar-refractivity contribution >= 4 is 5.91 Å². The molecule has 0 aromatic rings. The molecule has 0 aliphatic carbocycles. The number of aliphatic hydroxyl groups excluding tert-OH is 8. The summed E-state index contributed by atoms with van der Waals surface area (Å²) >= 11 is 0. The fourth-order valence-electron chi connectivity index (χ4n) is 8.53. The molecule has 1 amide bonds. The zero-order valence-electron chi connectivity index (χ0n) is 46.2. The van der Waals surface area contributed by atoms with Gasteiger partial charge >= 0.3 is 0 Å². The van der Waals surface area contributed by atoms with Crippen LogP contribution >= 0.6 is 0 Å². The topological polar surface area (TPSA) is 228 Å². The molecule has 12 atom stereocenters. The van der Waals surface area contributed by atoms with Crippen molar-refractivity contribution in [2.24, 2.45) is 0 Å². The van der Waals surface area contributed by atoms with E-state index in [4.69, 9.17) is 18.9 Å². The third-order valence-electron chi connectivity index (χ3n) is 13.2. The molecule has 0 bridgehead atoms. The highest BCUT2D eigenvalue weighted by atomic mass is 16.7. The second-order valence-corrected chi connectivity index (χ2v) is 19.7. The van der Waals surface area contributed by atoms with Crippen molar-refractivity contribution in [1.29, 1.82) is 0 Å². The largest absolute Gasteiger partial charge is 0.394 e. The Morgan fingerprint density at radius 1 is 0.487 bits per heavy atom. The number of ether oxygens (including phenoxy) is 4. The normalized spacial score (nSPS) is 25.8. The first kappa shape index (κ1) is 68.5. The zero-order valence-corrected chi connectivity index (χ0v) is 46.2. The van der Waals surface area contributed by atoms with Gasteiger partial charge in [-0.1, -0.05) is 200 Å². The van der Waals surface area contributed by atoms with Gasteiger partial charge in [0.15, 0.2) is 12.6 Å². The van der Waals surface area contributed by atoms with Gasteiger partial charge in [-0.3, -0.25) is 4.79 Å². The molecule has 9 N–H and O–H groups in total.